The van der Waals surface area contributed by atoms with Crippen LogP contribution in [-0.2, 0) is 11.2 Å². The zero-order valence-corrected chi connectivity index (χ0v) is 12.0. The number of hydrogen-bond acceptors (Lipinski definition) is 3. The van der Waals surface area contributed by atoms with Gasteiger partial charge in [-0.1, -0.05) is 6.42 Å². The predicted octanol–water partition coefficient (Wildman–Crippen LogP) is 1.99. The van der Waals surface area contributed by atoms with E-state index >= 15 is 0 Å². The number of amides is 1. The van der Waals surface area contributed by atoms with E-state index in [0.717, 1.165) is 24.2 Å². The first-order valence-electron chi connectivity index (χ1n) is 7.31. The molecule has 2 aliphatic rings. The van der Waals surface area contributed by atoms with Gasteiger partial charge >= 0.3 is 5.97 Å². The Morgan fingerprint density at radius 1 is 1.43 bits per heavy atom. The minimum absolute atomic E-state index is 0.205. The molecule has 0 bridgehead atoms. The number of hydrogen-bond donors (Lipinski definition) is 2. The molecule has 0 aromatic heterocycles. The maximum atomic E-state index is 12.4. The summed E-state index contributed by atoms with van der Waals surface area (Å²) in [6.07, 6.45) is 2.95. The highest BCUT2D eigenvalue weighted by Gasteiger charge is 2.45. The average Bonchev–Trinajstić information content (AvgIpc) is 3.06. The van der Waals surface area contributed by atoms with Gasteiger partial charge in [-0.25, -0.2) is 0 Å². The largest absolute Gasteiger partial charge is 0.493 e. The molecule has 1 aliphatic heterocycles. The molecule has 5 nitrogen and oxygen atoms in total. The Balaban J connectivity index is 1.76. The van der Waals surface area contributed by atoms with E-state index in [4.69, 9.17) is 4.74 Å². The maximum absolute atomic E-state index is 12.4. The van der Waals surface area contributed by atoms with Gasteiger partial charge in [-0.15, -0.1) is 0 Å². The summed E-state index contributed by atoms with van der Waals surface area (Å²) < 4.78 is 5.42. The van der Waals surface area contributed by atoms with E-state index < -0.39 is 11.4 Å². The summed E-state index contributed by atoms with van der Waals surface area (Å²) in [5.74, 6) is -0.209. The Morgan fingerprint density at radius 2 is 2.24 bits per heavy atom. The molecule has 0 radical (unpaired) electrons. The molecular formula is C16H19NO4. The summed E-state index contributed by atoms with van der Waals surface area (Å²) >= 11 is 0. The Kier molecular flexibility index (Phi) is 3.35. The van der Waals surface area contributed by atoms with Crippen molar-refractivity contribution in [3.63, 3.8) is 0 Å². The van der Waals surface area contributed by atoms with Crippen LogP contribution in [0.2, 0.25) is 0 Å². The smallest absolute Gasteiger partial charge is 0.311 e. The SMILES string of the molecule is CC1(C(=O)O)CCCC1NC(=O)c1ccc2c(c1)CCO2. The van der Waals surface area contributed by atoms with Crippen molar-refractivity contribution in [1.29, 1.82) is 0 Å². The van der Waals surface area contributed by atoms with Crippen molar-refractivity contribution in [2.75, 3.05) is 6.61 Å². The van der Waals surface area contributed by atoms with Crippen LogP contribution in [0, 0.1) is 5.41 Å². The van der Waals surface area contributed by atoms with Crippen molar-refractivity contribution in [3.8, 4) is 5.75 Å². The fourth-order valence-electron chi connectivity index (χ4n) is 3.22. The summed E-state index contributed by atoms with van der Waals surface area (Å²) in [5.41, 5.74) is 0.740. The first kappa shape index (κ1) is 13.9. The monoisotopic (exact) mass is 289 g/mol. The van der Waals surface area contributed by atoms with E-state index in [9.17, 15) is 14.7 Å². The van der Waals surface area contributed by atoms with Crippen LogP contribution in [0.4, 0.5) is 0 Å². The molecule has 5 heteroatoms. The molecule has 1 aliphatic carbocycles. The highest BCUT2D eigenvalue weighted by atomic mass is 16.5. The van der Waals surface area contributed by atoms with Gasteiger partial charge in [0, 0.05) is 18.0 Å². The van der Waals surface area contributed by atoms with Crippen LogP contribution in [0.25, 0.3) is 0 Å². The lowest BCUT2D eigenvalue weighted by atomic mass is 9.85. The standard InChI is InChI=1S/C16H19NO4/c1-16(15(19)20)7-2-3-13(16)17-14(18)11-4-5-12-10(9-11)6-8-21-12/h4-5,9,13H,2-3,6-8H2,1H3,(H,17,18)(H,19,20). The van der Waals surface area contributed by atoms with Gasteiger partial charge in [-0.3, -0.25) is 9.59 Å². The lowest BCUT2D eigenvalue weighted by Crippen LogP contribution is -2.47. The van der Waals surface area contributed by atoms with Crippen molar-refractivity contribution >= 4 is 11.9 Å². The molecule has 2 N–H and O–H groups in total. The summed E-state index contributed by atoms with van der Waals surface area (Å²) in [7, 11) is 0. The van der Waals surface area contributed by atoms with Gasteiger partial charge in [0.15, 0.2) is 0 Å². The lowest BCUT2D eigenvalue weighted by Gasteiger charge is -2.27. The molecule has 21 heavy (non-hydrogen) atoms. The van der Waals surface area contributed by atoms with E-state index in [2.05, 4.69) is 5.32 Å². The molecule has 112 valence electrons. The van der Waals surface area contributed by atoms with Crippen LogP contribution in [0.15, 0.2) is 18.2 Å². The molecule has 3 rings (SSSR count). The average molecular weight is 289 g/mol. The normalized spacial score (nSPS) is 27.0. The molecule has 1 fully saturated rings. The first-order valence-corrected chi connectivity index (χ1v) is 7.31. The van der Waals surface area contributed by atoms with E-state index in [1.807, 2.05) is 12.1 Å². The van der Waals surface area contributed by atoms with E-state index in [1.54, 1.807) is 13.0 Å². The Hall–Kier alpha value is -2.04. The number of carbonyl (C=O) groups excluding carboxylic acids is 1. The van der Waals surface area contributed by atoms with Crippen LogP contribution >= 0.6 is 0 Å². The van der Waals surface area contributed by atoms with Crippen LogP contribution in [0.3, 0.4) is 0 Å². The Labute approximate surface area is 123 Å². The third kappa shape index (κ3) is 2.37. The van der Waals surface area contributed by atoms with Gasteiger partial charge in [-0.05, 0) is 43.5 Å². The molecule has 1 heterocycles. The first-order chi connectivity index (χ1) is 10.0. The van der Waals surface area contributed by atoms with Crippen molar-refractivity contribution in [1.82, 2.24) is 5.32 Å². The maximum Gasteiger partial charge on any atom is 0.311 e. The minimum atomic E-state index is -0.866. The molecule has 0 saturated heterocycles. The van der Waals surface area contributed by atoms with Gasteiger partial charge in [0.05, 0.1) is 12.0 Å². The molecular weight excluding hydrogens is 270 g/mol. The van der Waals surface area contributed by atoms with Gasteiger partial charge < -0.3 is 15.2 Å². The number of rotatable bonds is 3. The molecule has 2 unspecified atom stereocenters. The third-order valence-electron chi connectivity index (χ3n) is 4.70. The summed E-state index contributed by atoms with van der Waals surface area (Å²) in [6, 6.07) is 5.06. The van der Waals surface area contributed by atoms with Crippen LogP contribution in [0.1, 0.15) is 42.1 Å². The lowest BCUT2D eigenvalue weighted by molar-refractivity contribution is -0.148. The van der Waals surface area contributed by atoms with E-state index in [0.29, 0.717) is 25.0 Å². The second-order valence-corrected chi connectivity index (χ2v) is 6.06. The predicted molar refractivity (Wildman–Crippen MR) is 76.5 cm³/mol. The zero-order valence-electron chi connectivity index (χ0n) is 12.0. The number of aliphatic carboxylic acids is 1. The van der Waals surface area contributed by atoms with E-state index in [-0.39, 0.29) is 11.9 Å². The highest BCUT2D eigenvalue weighted by molar-refractivity contribution is 5.95. The number of carboxylic acids is 1. The van der Waals surface area contributed by atoms with E-state index in [1.165, 1.54) is 0 Å². The zero-order chi connectivity index (χ0) is 15.0. The summed E-state index contributed by atoms with van der Waals surface area (Å²) in [4.78, 5) is 23.8. The molecule has 2 atom stereocenters. The summed E-state index contributed by atoms with van der Waals surface area (Å²) in [5, 5.41) is 12.3. The molecule has 0 spiro atoms. The second kappa shape index (κ2) is 5.06. The van der Waals surface area contributed by atoms with Crippen molar-refractivity contribution in [2.24, 2.45) is 5.41 Å². The molecule has 1 saturated carbocycles. The number of ether oxygens (including phenoxy) is 1. The fourth-order valence-corrected chi connectivity index (χ4v) is 3.22. The number of carboxylic acid groups (broad SMARTS) is 1. The second-order valence-electron chi connectivity index (χ2n) is 6.06. The fraction of sp³-hybridized carbons (Fsp3) is 0.500. The number of fused-ring (bicyclic) bond motifs is 1. The highest BCUT2D eigenvalue weighted by Crippen LogP contribution is 2.38. The summed E-state index contributed by atoms with van der Waals surface area (Å²) in [6.45, 7) is 2.37. The van der Waals surface area contributed by atoms with Crippen molar-refractivity contribution < 1.29 is 19.4 Å². The van der Waals surface area contributed by atoms with Gasteiger partial charge in [0.1, 0.15) is 5.75 Å². The van der Waals surface area contributed by atoms with Crippen LogP contribution in [-0.4, -0.2) is 29.6 Å². The Morgan fingerprint density at radius 3 is 3.00 bits per heavy atom. The Bertz CT molecular complexity index is 598. The molecule has 1 aromatic rings. The van der Waals surface area contributed by atoms with Crippen LogP contribution in [0.5, 0.6) is 5.75 Å². The number of carbonyl (C=O) groups is 2. The number of benzene rings is 1. The van der Waals surface area contributed by atoms with Gasteiger partial charge in [0.25, 0.3) is 5.91 Å². The quantitative estimate of drug-likeness (QED) is 0.892. The topological polar surface area (TPSA) is 75.6 Å². The van der Waals surface area contributed by atoms with Crippen molar-refractivity contribution in [2.45, 2.75) is 38.6 Å². The van der Waals surface area contributed by atoms with Gasteiger partial charge in [0.2, 0.25) is 0 Å². The minimum Gasteiger partial charge on any atom is -0.493 e. The van der Waals surface area contributed by atoms with Crippen molar-refractivity contribution in [3.05, 3.63) is 29.3 Å². The third-order valence-corrected chi connectivity index (χ3v) is 4.70. The van der Waals surface area contributed by atoms with Crippen LogP contribution < -0.4 is 10.1 Å². The molecule has 1 amide bonds. The molecule has 1 aromatic carbocycles. The number of nitrogens with one attached hydrogen (secondary N) is 1. The van der Waals surface area contributed by atoms with Gasteiger partial charge in [-0.2, -0.15) is 0 Å².